The highest BCUT2D eigenvalue weighted by atomic mass is 16.5. The molecular formula is C32H30O. The Hall–Kier alpha value is -3.42. The van der Waals surface area contributed by atoms with Crippen LogP contribution in [-0.2, 0) is 30.8 Å². The maximum Gasteiger partial charge on any atom is 0.0721 e. The molecule has 0 atom stereocenters. The van der Waals surface area contributed by atoms with Gasteiger partial charge in [-0.25, -0.2) is 0 Å². The highest BCUT2D eigenvalue weighted by molar-refractivity contribution is 6.08. The van der Waals surface area contributed by atoms with E-state index in [1.54, 1.807) is 11.1 Å². The molecule has 0 aromatic heterocycles. The average Bonchev–Trinajstić information content (AvgIpc) is 2.90. The second-order valence-electron chi connectivity index (χ2n) is 8.76. The summed E-state index contributed by atoms with van der Waals surface area (Å²) >= 11 is 0. The van der Waals surface area contributed by atoms with Crippen molar-refractivity contribution >= 4 is 21.5 Å². The molecule has 1 aliphatic rings. The molecule has 0 unspecified atom stereocenters. The summed E-state index contributed by atoms with van der Waals surface area (Å²) in [7, 11) is 0. The Morgan fingerprint density at radius 2 is 1.09 bits per heavy atom. The topological polar surface area (TPSA) is 9.23 Å². The van der Waals surface area contributed by atoms with Crippen LogP contribution in [0.15, 0.2) is 109 Å². The zero-order chi connectivity index (χ0) is 22.3. The smallest absolute Gasteiger partial charge is 0.0721 e. The number of rotatable bonds is 4. The molecule has 0 N–H and O–H groups in total. The Bertz CT molecular complexity index is 1280. The molecule has 5 aromatic rings. The summed E-state index contributed by atoms with van der Waals surface area (Å²) in [5.74, 6) is 0. The highest BCUT2D eigenvalue weighted by Crippen LogP contribution is 2.33. The van der Waals surface area contributed by atoms with Gasteiger partial charge >= 0.3 is 0 Å². The molecule has 33 heavy (non-hydrogen) atoms. The molecule has 0 saturated carbocycles. The number of hydrogen-bond donors (Lipinski definition) is 0. The summed E-state index contributed by atoms with van der Waals surface area (Å²) in [6, 6.07) is 38.4. The van der Waals surface area contributed by atoms with Crippen molar-refractivity contribution in [3.05, 3.63) is 131 Å². The Morgan fingerprint density at radius 3 is 1.82 bits per heavy atom. The largest absolute Gasteiger partial charge is 0.372 e. The van der Waals surface area contributed by atoms with Crippen molar-refractivity contribution in [3.8, 4) is 0 Å². The van der Waals surface area contributed by atoms with Crippen molar-refractivity contribution in [3.63, 3.8) is 0 Å². The zero-order valence-electron chi connectivity index (χ0n) is 19.0. The quantitative estimate of drug-likeness (QED) is 0.261. The molecule has 0 aliphatic heterocycles. The van der Waals surface area contributed by atoms with Gasteiger partial charge in [0.2, 0.25) is 0 Å². The molecule has 0 radical (unpaired) electrons. The molecule has 0 fully saturated rings. The van der Waals surface area contributed by atoms with E-state index in [9.17, 15) is 0 Å². The monoisotopic (exact) mass is 430 g/mol. The van der Waals surface area contributed by atoms with Gasteiger partial charge in [0.25, 0.3) is 0 Å². The third-order valence-electron chi connectivity index (χ3n) is 6.48. The summed E-state index contributed by atoms with van der Waals surface area (Å²) in [6.07, 6.45) is 5.22. The summed E-state index contributed by atoms with van der Waals surface area (Å²) in [4.78, 5) is 0. The van der Waals surface area contributed by atoms with Gasteiger partial charge in [0.05, 0.1) is 13.2 Å². The maximum atomic E-state index is 5.61. The Morgan fingerprint density at radius 1 is 0.485 bits per heavy atom. The lowest BCUT2D eigenvalue weighted by molar-refractivity contribution is 0.107. The van der Waals surface area contributed by atoms with Gasteiger partial charge < -0.3 is 4.74 Å². The first-order valence-corrected chi connectivity index (χ1v) is 12.0. The summed E-state index contributed by atoms with van der Waals surface area (Å²) in [6.45, 7) is 1.35. The molecule has 164 valence electrons. The van der Waals surface area contributed by atoms with Crippen LogP contribution < -0.4 is 0 Å². The Labute approximate surface area is 196 Å². The average molecular weight is 431 g/mol. The van der Waals surface area contributed by atoms with Crippen LogP contribution in [0.3, 0.4) is 0 Å². The number of hydrogen-bond acceptors (Lipinski definition) is 1. The van der Waals surface area contributed by atoms with Crippen molar-refractivity contribution in [1.29, 1.82) is 0 Å². The lowest BCUT2D eigenvalue weighted by atomic mass is 9.86. The molecule has 1 aliphatic carbocycles. The van der Waals surface area contributed by atoms with E-state index in [0.717, 1.165) is 0 Å². The van der Waals surface area contributed by atoms with Crippen LogP contribution in [0.4, 0.5) is 0 Å². The Kier molecular flexibility index (Phi) is 6.79. The van der Waals surface area contributed by atoms with Crippen LogP contribution in [-0.4, -0.2) is 0 Å². The van der Waals surface area contributed by atoms with Gasteiger partial charge in [-0.15, -0.1) is 0 Å². The third-order valence-corrected chi connectivity index (χ3v) is 6.48. The van der Waals surface area contributed by atoms with E-state index < -0.39 is 0 Å². The maximum absolute atomic E-state index is 5.61. The standard InChI is InChI=1S/C18H16.C14H14O/c1-3-7-15-13(5-1)9-11-18-16-8-4-2-6-14(16)10-12-17(15)18;1-3-7-13(8-4-1)11-15-12-14-9-5-2-6-10-14/h1,3,5,7,9-12H,2,4,6,8H2;1-10H,11-12H2. The van der Waals surface area contributed by atoms with Gasteiger partial charge in [-0.2, -0.15) is 0 Å². The van der Waals surface area contributed by atoms with E-state index in [-0.39, 0.29) is 0 Å². The number of ether oxygens (including phenoxy) is 1. The number of benzene rings is 5. The Balaban J connectivity index is 0.000000141. The molecule has 0 bridgehead atoms. The molecule has 0 amide bonds. The zero-order valence-corrected chi connectivity index (χ0v) is 19.0. The number of aryl methyl sites for hydroxylation is 2. The predicted molar refractivity (Wildman–Crippen MR) is 139 cm³/mol. The van der Waals surface area contributed by atoms with E-state index >= 15 is 0 Å². The SMILES string of the molecule is c1ccc(COCc2ccccc2)cc1.c1ccc2c(c1)ccc1c3c(ccc12)CCCC3. The molecule has 1 nitrogen and oxygen atoms in total. The van der Waals surface area contributed by atoms with Gasteiger partial charge in [0.15, 0.2) is 0 Å². The molecule has 0 spiro atoms. The second-order valence-corrected chi connectivity index (χ2v) is 8.76. The summed E-state index contributed by atoms with van der Waals surface area (Å²) in [5.41, 5.74) is 5.61. The van der Waals surface area contributed by atoms with Gasteiger partial charge in [-0.1, -0.05) is 109 Å². The molecule has 0 saturated heterocycles. The van der Waals surface area contributed by atoms with E-state index in [0.29, 0.717) is 13.2 Å². The van der Waals surface area contributed by atoms with E-state index in [4.69, 9.17) is 4.74 Å². The van der Waals surface area contributed by atoms with Crippen molar-refractivity contribution in [2.75, 3.05) is 0 Å². The second kappa shape index (κ2) is 10.5. The fraction of sp³-hybridized carbons (Fsp3) is 0.188. The first kappa shape index (κ1) is 21.4. The minimum absolute atomic E-state index is 0.676. The molecule has 6 rings (SSSR count). The van der Waals surface area contributed by atoms with Gasteiger partial charge in [0, 0.05) is 0 Å². The van der Waals surface area contributed by atoms with Crippen LogP contribution in [0.2, 0.25) is 0 Å². The van der Waals surface area contributed by atoms with Crippen molar-refractivity contribution in [2.45, 2.75) is 38.9 Å². The van der Waals surface area contributed by atoms with Crippen LogP contribution >= 0.6 is 0 Å². The van der Waals surface area contributed by atoms with Crippen LogP contribution in [0, 0.1) is 0 Å². The van der Waals surface area contributed by atoms with Crippen molar-refractivity contribution in [1.82, 2.24) is 0 Å². The molecular weight excluding hydrogens is 400 g/mol. The lowest BCUT2D eigenvalue weighted by Crippen LogP contribution is -2.02. The minimum atomic E-state index is 0.676. The van der Waals surface area contributed by atoms with E-state index in [1.165, 1.54) is 58.4 Å². The number of fused-ring (bicyclic) bond motifs is 5. The first-order valence-electron chi connectivity index (χ1n) is 12.0. The lowest BCUT2D eigenvalue weighted by Gasteiger charge is -2.18. The van der Waals surface area contributed by atoms with Crippen molar-refractivity contribution in [2.24, 2.45) is 0 Å². The van der Waals surface area contributed by atoms with Crippen molar-refractivity contribution < 1.29 is 4.74 Å². The normalized spacial score (nSPS) is 12.7. The van der Waals surface area contributed by atoms with Gasteiger partial charge in [-0.05, 0) is 69.5 Å². The summed E-state index contributed by atoms with van der Waals surface area (Å²) < 4.78 is 5.61. The van der Waals surface area contributed by atoms with Crippen LogP contribution in [0.1, 0.15) is 35.1 Å². The van der Waals surface area contributed by atoms with E-state index in [2.05, 4.69) is 72.8 Å². The highest BCUT2D eigenvalue weighted by Gasteiger charge is 2.13. The fourth-order valence-electron chi connectivity index (χ4n) is 4.78. The van der Waals surface area contributed by atoms with Gasteiger partial charge in [-0.3, -0.25) is 0 Å². The van der Waals surface area contributed by atoms with Crippen LogP contribution in [0.5, 0.6) is 0 Å². The van der Waals surface area contributed by atoms with Gasteiger partial charge in [0.1, 0.15) is 0 Å². The third kappa shape index (κ3) is 5.16. The summed E-state index contributed by atoms with van der Waals surface area (Å²) in [5, 5.41) is 5.64. The molecule has 0 heterocycles. The molecule has 5 aromatic carbocycles. The van der Waals surface area contributed by atoms with Crippen LogP contribution in [0.25, 0.3) is 21.5 Å². The predicted octanol–water partition coefficient (Wildman–Crippen LogP) is 8.28. The minimum Gasteiger partial charge on any atom is -0.372 e. The fourth-order valence-corrected chi connectivity index (χ4v) is 4.78. The van der Waals surface area contributed by atoms with E-state index in [1.807, 2.05) is 36.4 Å². The first-order chi connectivity index (χ1) is 16.4. The molecule has 1 heteroatoms.